The summed E-state index contributed by atoms with van der Waals surface area (Å²) in [4.78, 5) is 18.3. The van der Waals surface area contributed by atoms with Gasteiger partial charge >= 0.3 is 0 Å². The predicted molar refractivity (Wildman–Crippen MR) is 56.4 cm³/mol. The lowest BCUT2D eigenvalue weighted by atomic mass is 10.4. The molecule has 0 unspecified atom stereocenters. The van der Waals surface area contributed by atoms with Crippen molar-refractivity contribution in [1.82, 2.24) is 9.97 Å². The van der Waals surface area contributed by atoms with Crippen molar-refractivity contribution in [2.45, 2.75) is 6.42 Å². The Morgan fingerprint density at radius 1 is 1.57 bits per heavy atom. The largest absolute Gasteiger partial charge is 0.383 e. The molecule has 1 rings (SSSR count). The van der Waals surface area contributed by atoms with E-state index in [9.17, 15) is 4.79 Å². The highest BCUT2D eigenvalue weighted by Gasteiger charge is 2.00. The average Bonchev–Trinajstić information content (AvgIpc) is 2.01. The first-order valence-electron chi connectivity index (χ1n) is 3.90. The van der Waals surface area contributed by atoms with Gasteiger partial charge in [0.05, 0.1) is 0 Å². The summed E-state index contributed by atoms with van der Waals surface area (Å²) >= 11 is 3.17. The number of hydrogen-bond acceptors (Lipinski definition) is 5. The number of anilines is 2. The fraction of sp³-hybridized carbons (Fsp3) is 0.286. The standard InChI is InChI=1S/C7H10BrN5O/c8-4-3-5(9)13-7(12-4)11-2-1-6(10)14/h3H,1-2H2,(H2,10,14)(H3,9,11,12,13). The first kappa shape index (κ1) is 10.7. The van der Waals surface area contributed by atoms with Crippen molar-refractivity contribution >= 4 is 33.6 Å². The molecule has 14 heavy (non-hydrogen) atoms. The van der Waals surface area contributed by atoms with E-state index in [0.29, 0.717) is 22.9 Å². The van der Waals surface area contributed by atoms with Crippen LogP contribution in [-0.2, 0) is 4.79 Å². The van der Waals surface area contributed by atoms with E-state index >= 15 is 0 Å². The molecular formula is C7H10BrN5O. The Bertz CT molecular complexity index is 323. The molecule has 1 aromatic heterocycles. The molecule has 0 radical (unpaired) electrons. The predicted octanol–water partition coefficient (Wildman–Crippen LogP) is 0.109. The van der Waals surface area contributed by atoms with Gasteiger partial charge in [0.1, 0.15) is 10.4 Å². The Morgan fingerprint density at radius 3 is 2.86 bits per heavy atom. The number of nitrogens with zero attached hydrogens (tertiary/aromatic N) is 2. The van der Waals surface area contributed by atoms with E-state index in [-0.39, 0.29) is 12.3 Å². The van der Waals surface area contributed by atoms with E-state index in [0.717, 1.165) is 0 Å². The van der Waals surface area contributed by atoms with Crippen LogP contribution in [0.2, 0.25) is 0 Å². The number of carbonyl (C=O) groups excluding carboxylic acids is 1. The Hall–Kier alpha value is -1.37. The van der Waals surface area contributed by atoms with Crippen molar-refractivity contribution in [2.24, 2.45) is 5.73 Å². The van der Waals surface area contributed by atoms with Crippen LogP contribution in [0.1, 0.15) is 6.42 Å². The number of aromatic nitrogens is 2. The van der Waals surface area contributed by atoms with E-state index in [1.54, 1.807) is 6.07 Å². The molecular weight excluding hydrogens is 250 g/mol. The Kier molecular flexibility index (Phi) is 3.63. The molecule has 6 nitrogen and oxygen atoms in total. The van der Waals surface area contributed by atoms with Gasteiger partial charge in [0, 0.05) is 19.0 Å². The lowest BCUT2D eigenvalue weighted by Gasteiger charge is -2.03. The summed E-state index contributed by atoms with van der Waals surface area (Å²) in [6.45, 7) is 0.394. The van der Waals surface area contributed by atoms with Crippen molar-refractivity contribution in [3.8, 4) is 0 Å². The number of halogens is 1. The summed E-state index contributed by atoms with van der Waals surface area (Å²) in [5.41, 5.74) is 10.4. The maximum absolute atomic E-state index is 10.4. The first-order chi connectivity index (χ1) is 6.58. The number of nitrogens with one attached hydrogen (secondary N) is 1. The molecule has 0 aromatic carbocycles. The highest BCUT2D eigenvalue weighted by molar-refractivity contribution is 9.10. The lowest BCUT2D eigenvalue weighted by Crippen LogP contribution is -2.16. The molecule has 76 valence electrons. The summed E-state index contributed by atoms with van der Waals surface area (Å²) in [7, 11) is 0. The minimum absolute atomic E-state index is 0.232. The number of carbonyl (C=O) groups is 1. The second-order valence-corrected chi connectivity index (χ2v) is 3.39. The molecule has 7 heteroatoms. The van der Waals surface area contributed by atoms with Gasteiger partial charge in [-0.25, -0.2) is 4.98 Å². The van der Waals surface area contributed by atoms with Crippen molar-refractivity contribution in [3.05, 3.63) is 10.7 Å². The molecule has 0 saturated carbocycles. The van der Waals surface area contributed by atoms with Gasteiger partial charge in [0.25, 0.3) is 0 Å². The van der Waals surface area contributed by atoms with Gasteiger partial charge in [0.2, 0.25) is 11.9 Å². The zero-order valence-electron chi connectivity index (χ0n) is 7.33. The van der Waals surface area contributed by atoms with Gasteiger partial charge in [-0.1, -0.05) is 0 Å². The van der Waals surface area contributed by atoms with Gasteiger partial charge in [-0.05, 0) is 15.9 Å². The summed E-state index contributed by atoms with van der Waals surface area (Å²) in [6, 6.07) is 1.58. The number of hydrogen-bond donors (Lipinski definition) is 3. The summed E-state index contributed by atoms with van der Waals surface area (Å²) in [5.74, 6) is 0.354. The maximum Gasteiger partial charge on any atom is 0.225 e. The van der Waals surface area contributed by atoms with E-state index in [4.69, 9.17) is 11.5 Å². The van der Waals surface area contributed by atoms with Gasteiger partial charge in [0.15, 0.2) is 0 Å². The van der Waals surface area contributed by atoms with Crippen LogP contribution in [0, 0.1) is 0 Å². The van der Waals surface area contributed by atoms with E-state index in [1.165, 1.54) is 0 Å². The second-order valence-electron chi connectivity index (χ2n) is 2.58. The highest BCUT2D eigenvalue weighted by Crippen LogP contribution is 2.11. The summed E-state index contributed by atoms with van der Waals surface area (Å²) in [5, 5.41) is 2.82. The molecule has 5 N–H and O–H groups in total. The average molecular weight is 260 g/mol. The molecule has 1 heterocycles. The smallest absolute Gasteiger partial charge is 0.225 e. The monoisotopic (exact) mass is 259 g/mol. The maximum atomic E-state index is 10.4. The molecule has 0 aliphatic rings. The Balaban J connectivity index is 2.54. The second kappa shape index (κ2) is 4.75. The van der Waals surface area contributed by atoms with Gasteiger partial charge in [-0.2, -0.15) is 4.98 Å². The number of rotatable bonds is 4. The SMILES string of the molecule is NC(=O)CCNc1nc(N)cc(Br)n1. The van der Waals surface area contributed by atoms with Crippen molar-refractivity contribution < 1.29 is 4.79 Å². The van der Waals surface area contributed by atoms with Gasteiger partial charge in [-0.15, -0.1) is 0 Å². The van der Waals surface area contributed by atoms with Crippen LogP contribution in [0.4, 0.5) is 11.8 Å². The molecule has 0 atom stereocenters. The molecule has 1 amide bonds. The topological polar surface area (TPSA) is 107 Å². The van der Waals surface area contributed by atoms with Crippen LogP contribution in [0.25, 0.3) is 0 Å². The molecule has 0 fully saturated rings. The molecule has 0 aliphatic heterocycles. The van der Waals surface area contributed by atoms with E-state index < -0.39 is 0 Å². The normalized spacial score (nSPS) is 9.79. The van der Waals surface area contributed by atoms with Crippen molar-refractivity contribution in [1.29, 1.82) is 0 Å². The molecule has 0 saturated heterocycles. The third-order valence-electron chi connectivity index (χ3n) is 1.37. The molecule has 0 bridgehead atoms. The summed E-state index contributed by atoms with van der Waals surface area (Å²) < 4.78 is 0.589. The number of primary amides is 1. The highest BCUT2D eigenvalue weighted by atomic mass is 79.9. The van der Waals surface area contributed by atoms with Crippen LogP contribution < -0.4 is 16.8 Å². The first-order valence-corrected chi connectivity index (χ1v) is 4.69. The van der Waals surface area contributed by atoms with Crippen LogP contribution in [-0.4, -0.2) is 22.4 Å². The molecule has 1 aromatic rings. The fourth-order valence-corrected chi connectivity index (χ4v) is 1.21. The van der Waals surface area contributed by atoms with Gasteiger partial charge in [-0.3, -0.25) is 4.79 Å². The lowest BCUT2D eigenvalue weighted by molar-refractivity contribution is -0.117. The van der Waals surface area contributed by atoms with Crippen molar-refractivity contribution in [2.75, 3.05) is 17.6 Å². The minimum Gasteiger partial charge on any atom is -0.383 e. The van der Waals surface area contributed by atoms with Crippen LogP contribution in [0.3, 0.4) is 0 Å². The van der Waals surface area contributed by atoms with Gasteiger partial charge < -0.3 is 16.8 Å². The molecule has 0 spiro atoms. The Morgan fingerprint density at radius 2 is 2.29 bits per heavy atom. The minimum atomic E-state index is -0.375. The van der Waals surface area contributed by atoms with Crippen LogP contribution in [0.5, 0.6) is 0 Å². The van der Waals surface area contributed by atoms with E-state index in [2.05, 4.69) is 31.2 Å². The third-order valence-corrected chi connectivity index (χ3v) is 1.78. The molecule has 0 aliphatic carbocycles. The van der Waals surface area contributed by atoms with Crippen LogP contribution >= 0.6 is 15.9 Å². The summed E-state index contributed by atoms with van der Waals surface area (Å²) in [6.07, 6.45) is 0.232. The van der Waals surface area contributed by atoms with E-state index in [1.807, 2.05) is 0 Å². The zero-order chi connectivity index (χ0) is 10.6. The quantitative estimate of drug-likeness (QED) is 0.666. The number of nitrogen functional groups attached to an aromatic ring is 1. The number of amides is 1. The van der Waals surface area contributed by atoms with Crippen LogP contribution in [0.15, 0.2) is 10.7 Å². The fourth-order valence-electron chi connectivity index (χ4n) is 0.812. The third kappa shape index (κ3) is 3.56. The Labute approximate surface area is 89.2 Å². The van der Waals surface area contributed by atoms with Crippen molar-refractivity contribution in [3.63, 3.8) is 0 Å². The number of nitrogens with two attached hydrogens (primary N) is 2. The zero-order valence-corrected chi connectivity index (χ0v) is 8.91.